The maximum Gasteiger partial charge on any atom is 0.236 e. The van der Waals surface area contributed by atoms with Gasteiger partial charge in [0.05, 0.1) is 5.25 Å². The SMILES string of the molecule is CC(Sc1nnc(COc2ccc(C(C)(C)C)cc2)n1N)C(=O)N1CCc2ccccc2C1. The first-order valence-electron chi connectivity index (χ1n) is 11.2. The molecule has 0 saturated heterocycles. The number of nitrogen functional groups attached to an aromatic ring is 1. The summed E-state index contributed by atoms with van der Waals surface area (Å²) in [5.41, 5.74) is 3.87. The van der Waals surface area contributed by atoms with Crippen molar-refractivity contribution in [3.05, 3.63) is 71.0 Å². The second-order valence-corrected chi connectivity index (χ2v) is 10.7. The number of nitrogens with two attached hydrogens (primary N) is 1. The fourth-order valence-corrected chi connectivity index (χ4v) is 4.71. The van der Waals surface area contributed by atoms with E-state index in [9.17, 15) is 4.79 Å². The van der Waals surface area contributed by atoms with E-state index < -0.39 is 0 Å². The molecule has 1 aromatic heterocycles. The van der Waals surface area contributed by atoms with Crippen molar-refractivity contribution in [2.75, 3.05) is 12.4 Å². The molecule has 1 aliphatic heterocycles. The minimum Gasteiger partial charge on any atom is -0.486 e. The van der Waals surface area contributed by atoms with E-state index in [4.69, 9.17) is 10.6 Å². The third-order valence-electron chi connectivity index (χ3n) is 5.90. The van der Waals surface area contributed by atoms with Crippen molar-refractivity contribution in [1.29, 1.82) is 0 Å². The molecule has 0 fully saturated rings. The zero-order valence-corrected chi connectivity index (χ0v) is 20.4. The van der Waals surface area contributed by atoms with E-state index in [1.165, 1.54) is 33.1 Å². The largest absolute Gasteiger partial charge is 0.486 e. The topological polar surface area (TPSA) is 86.3 Å². The van der Waals surface area contributed by atoms with Crippen LogP contribution in [-0.2, 0) is 29.8 Å². The summed E-state index contributed by atoms with van der Waals surface area (Å²) in [4.78, 5) is 14.9. The Morgan fingerprint density at radius 3 is 2.52 bits per heavy atom. The molecule has 0 aliphatic carbocycles. The second kappa shape index (κ2) is 9.47. The van der Waals surface area contributed by atoms with Crippen molar-refractivity contribution in [1.82, 2.24) is 19.8 Å². The summed E-state index contributed by atoms with van der Waals surface area (Å²) in [6.07, 6.45) is 0.880. The fourth-order valence-electron chi connectivity index (χ4n) is 3.83. The molecule has 8 heteroatoms. The molecule has 1 atom stereocenters. The molecule has 0 radical (unpaired) electrons. The van der Waals surface area contributed by atoms with Gasteiger partial charge in [-0.2, -0.15) is 0 Å². The highest BCUT2D eigenvalue weighted by Gasteiger charge is 2.27. The average molecular weight is 466 g/mol. The van der Waals surface area contributed by atoms with Gasteiger partial charge in [-0.05, 0) is 47.6 Å². The van der Waals surface area contributed by atoms with E-state index in [-0.39, 0.29) is 23.2 Å². The molecule has 0 saturated carbocycles. The average Bonchev–Trinajstić information content (AvgIpc) is 3.15. The third-order valence-corrected chi connectivity index (χ3v) is 6.94. The van der Waals surface area contributed by atoms with Gasteiger partial charge in [-0.25, -0.2) is 4.68 Å². The maximum atomic E-state index is 13.0. The molecule has 2 N–H and O–H groups in total. The molecule has 1 aliphatic rings. The van der Waals surface area contributed by atoms with E-state index in [0.29, 0.717) is 17.5 Å². The maximum absolute atomic E-state index is 13.0. The molecule has 2 heterocycles. The smallest absolute Gasteiger partial charge is 0.236 e. The molecule has 1 unspecified atom stereocenters. The van der Waals surface area contributed by atoms with Gasteiger partial charge >= 0.3 is 0 Å². The van der Waals surface area contributed by atoms with Crippen LogP contribution in [0.1, 0.15) is 50.2 Å². The Morgan fingerprint density at radius 2 is 1.82 bits per heavy atom. The predicted octanol–water partition coefficient (Wildman–Crippen LogP) is 3.93. The first-order valence-corrected chi connectivity index (χ1v) is 12.1. The van der Waals surface area contributed by atoms with Crippen LogP contribution in [0.15, 0.2) is 53.7 Å². The molecule has 0 bridgehead atoms. The summed E-state index contributed by atoms with van der Waals surface area (Å²) in [5, 5.41) is 8.51. The molecule has 7 nitrogen and oxygen atoms in total. The highest BCUT2D eigenvalue weighted by Crippen LogP contribution is 2.27. The van der Waals surface area contributed by atoms with Crippen LogP contribution in [0, 0.1) is 0 Å². The van der Waals surface area contributed by atoms with E-state index in [1.54, 1.807) is 0 Å². The van der Waals surface area contributed by atoms with Gasteiger partial charge in [0.15, 0.2) is 5.82 Å². The Kier molecular flexibility index (Phi) is 6.65. The van der Waals surface area contributed by atoms with Crippen LogP contribution < -0.4 is 10.6 Å². The zero-order valence-electron chi connectivity index (χ0n) is 19.6. The molecule has 33 heavy (non-hydrogen) atoms. The number of aromatic nitrogens is 3. The molecular weight excluding hydrogens is 434 g/mol. The number of hydrogen-bond donors (Lipinski definition) is 1. The van der Waals surface area contributed by atoms with Gasteiger partial charge in [0, 0.05) is 13.1 Å². The molecule has 0 spiro atoms. The van der Waals surface area contributed by atoms with Crippen molar-refractivity contribution in [3.63, 3.8) is 0 Å². The number of amides is 1. The lowest BCUT2D eigenvalue weighted by Crippen LogP contribution is -2.40. The van der Waals surface area contributed by atoms with Crippen molar-refractivity contribution >= 4 is 17.7 Å². The van der Waals surface area contributed by atoms with Gasteiger partial charge < -0.3 is 15.5 Å². The summed E-state index contributed by atoms with van der Waals surface area (Å²) in [6, 6.07) is 16.3. The molecule has 1 amide bonds. The van der Waals surface area contributed by atoms with Crippen LogP contribution in [0.4, 0.5) is 0 Å². The lowest BCUT2D eigenvalue weighted by atomic mass is 9.87. The van der Waals surface area contributed by atoms with Gasteiger partial charge in [0.2, 0.25) is 11.1 Å². The summed E-state index contributed by atoms with van der Waals surface area (Å²) >= 11 is 1.32. The van der Waals surface area contributed by atoms with Gasteiger partial charge in [-0.15, -0.1) is 10.2 Å². The van der Waals surface area contributed by atoms with E-state index >= 15 is 0 Å². The van der Waals surface area contributed by atoms with E-state index in [2.05, 4.69) is 55.2 Å². The number of fused-ring (bicyclic) bond motifs is 1. The van der Waals surface area contributed by atoms with Gasteiger partial charge in [-0.1, -0.05) is 68.9 Å². The molecular formula is C25H31N5O2S. The number of benzene rings is 2. The number of nitrogens with zero attached hydrogens (tertiary/aromatic N) is 4. The van der Waals surface area contributed by atoms with Crippen LogP contribution in [0.25, 0.3) is 0 Å². The Hall–Kier alpha value is -3.00. The highest BCUT2D eigenvalue weighted by molar-refractivity contribution is 8.00. The number of ether oxygens (including phenoxy) is 1. The lowest BCUT2D eigenvalue weighted by molar-refractivity contribution is -0.131. The Labute approximate surface area is 199 Å². The van der Waals surface area contributed by atoms with Crippen molar-refractivity contribution in [2.45, 2.75) is 63.1 Å². The molecule has 2 aromatic carbocycles. The standard InChI is InChI=1S/C25H31N5O2S/c1-17(23(31)29-14-13-18-7-5-6-8-19(18)15-29)33-24-28-27-22(30(24)26)16-32-21-11-9-20(10-12-21)25(2,3)4/h5-12,17H,13-16,26H2,1-4H3. The van der Waals surface area contributed by atoms with Gasteiger partial charge in [0.25, 0.3) is 0 Å². The summed E-state index contributed by atoms with van der Waals surface area (Å²) in [7, 11) is 0. The van der Waals surface area contributed by atoms with Crippen LogP contribution in [0.2, 0.25) is 0 Å². The quantitative estimate of drug-likeness (QED) is 0.438. The normalized spacial score (nSPS) is 14.6. The summed E-state index contributed by atoms with van der Waals surface area (Å²) in [5.74, 6) is 7.53. The van der Waals surface area contributed by atoms with Crippen LogP contribution >= 0.6 is 11.8 Å². The first kappa shape index (κ1) is 23.2. The predicted molar refractivity (Wildman–Crippen MR) is 131 cm³/mol. The van der Waals surface area contributed by atoms with Crippen LogP contribution in [-0.4, -0.2) is 37.5 Å². The third kappa shape index (κ3) is 5.33. The lowest BCUT2D eigenvalue weighted by Gasteiger charge is -2.30. The van der Waals surface area contributed by atoms with Gasteiger partial charge in [0.1, 0.15) is 12.4 Å². The number of rotatable bonds is 6. The minimum atomic E-state index is -0.319. The number of carbonyl (C=O) groups excluding carboxylic acids is 1. The van der Waals surface area contributed by atoms with Gasteiger partial charge in [-0.3, -0.25) is 4.79 Å². The van der Waals surface area contributed by atoms with E-state index in [1.807, 2.05) is 36.1 Å². The molecule has 174 valence electrons. The van der Waals surface area contributed by atoms with Crippen molar-refractivity contribution < 1.29 is 9.53 Å². The zero-order chi connectivity index (χ0) is 23.6. The second-order valence-electron chi connectivity index (χ2n) is 9.37. The number of thioether (sulfide) groups is 1. The molecule has 4 rings (SSSR count). The Balaban J connectivity index is 1.34. The summed E-state index contributed by atoms with van der Waals surface area (Å²) in [6.45, 7) is 9.98. The summed E-state index contributed by atoms with van der Waals surface area (Å²) < 4.78 is 7.25. The van der Waals surface area contributed by atoms with Crippen LogP contribution in [0.3, 0.4) is 0 Å². The van der Waals surface area contributed by atoms with Crippen molar-refractivity contribution in [3.8, 4) is 5.75 Å². The Morgan fingerprint density at radius 1 is 1.12 bits per heavy atom. The fraction of sp³-hybridized carbons (Fsp3) is 0.400. The van der Waals surface area contributed by atoms with Crippen LogP contribution in [0.5, 0.6) is 5.75 Å². The molecule has 3 aromatic rings. The minimum absolute atomic E-state index is 0.0780. The first-order chi connectivity index (χ1) is 15.7. The number of hydrogen-bond acceptors (Lipinski definition) is 6. The monoisotopic (exact) mass is 465 g/mol. The van der Waals surface area contributed by atoms with E-state index in [0.717, 1.165) is 18.7 Å². The number of carbonyl (C=O) groups is 1. The Bertz CT molecular complexity index is 1120. The highest BCUT2D eigenvalue weighted by atomic mass is 32.2. The van der Waals surface area contributed by atoms with Crippen molar-refractivity contribution in [2.24, 2.45) is 0 Å².